The molecule has 1 fully saturated rings. The fraction of sp³-hybridized carbons (Fsp3) is 0.263. The Labute approximate surface area is 135 Å². The molecule has 0 unspecified atom stereocenters. The first-order chi connectivity index (χ1) is 11.4. The van der Waals surface area contributed by atoms with Gasteiger partial charge >= 0.3 is 0 Å². The third-order valence-corrected chi connectivity index (χ3v) is 4.54. The lowest BCUT2D eigenvalue weighted by atomic mass is 9.74. The first-order valence-corrected chi connectivity index (χ1v) is 7.91. The van der Waals surface area contributed by atoms with Gasteiger partial charge in [0.2, 0.25) is 11.7 Å². The van der Waals surface area contributed by atoms with Gasteiger partial charge in [-0.05, 0) is 18.4 Å². The summed E-state index contributed by atoms with van der Waals surface area (Å²) < 4.78 is 11.3. The SMILES string of the molecule is c1ccc(-c2noc(C3(c4ccccc4)CCOCC3)n2)cc1. The summed E-state index contributed by atoms with van der Waals surface area (Å²) in [5, 5.41) is 4.21. The van der Waals surface area contributed by atoms with Crippen LogP contribution in [-0.2, 0) is 10.2 Å². The van der Waals surface area contributed by atoms with Crippen molar-refractivity contribution < 1.29 is 9.26 Å². The standard InChI is InChI=1S/C19H18N2O2/c1-3-7-15(8-4-1)17-20-18(23-21-17)19(11-13-22-14-12-19)16-9-5-2-6-10-16/h1-10H,11-14H2. The topological polar surface area (TPSA) is 48.2 Å². The molecule has 3 aromatic rings. The van der Waals surface area contributed by atoms with Crippen LogP contribution < -0.4 is 0 Å². The van der Waals surface area contributed by atoms with Crippen LogP contribution in [0.25, 0.3) is 11.4 Å². The van der Waals surface area contributed by atoms with E-state index in [4.69, 9.17) is 14.2 Å². The van der Waals surface area contributed by atoms with Crippen molar-refractivity contribution in [3.05, 3.63) is 72.1 Å². The number of hydrogen-bond donors (Lipinski definition) is 0. The molecule has 4 rings (SSSR count). The van der Waals surface area contributed by atoms with Crippen LogP contribution in [0.2, 0.25) is 0 Å². The average Bonchev–Trinajstić information content (AvgIpc) is 3.14. The van der Waals surface area contributed by atoms with Gasteiger partial charge in [0.05, 0.1) is 5.41 Å². The highest BCUT2D eigenvalue weighted by molar-refractivity contribution is 5.54. The molecule has 1 aliphatic heterocycles. The zero-order valence-electron chi connectivity index (χ0n) is 12.8. The highest BCUT2D eigenvalue weighted by Crippen LogP contribution is 2.40. The zero-order valence-corrected chi connectivity index (χ0v) is 12.8. The molecule has 4 heteroatoms. The number of hydrogen-bond acceptors (Lipinski definition) is 4. The number of rotatable bonds is 3. The molecule has 0 aliphatic carbocycles. The number of nitrogens with zero attached hydrogens (tertiary/aromatic N) is 2. The Bertz CT molecular complexity index is 762. The minimum atomic E-state index is -0.250. The molecule has 0 spiro atoms. The molecule has 0 N–H and O–H groups in total. The second kappa shape index (κ2) is 5.97. The van der Waals surface area contributed by atoms with Crippen LogP contribution >= 0.6 is 0 Å². The molecular formula is C19H18N2O2. The lowest BCUT2D eigenvalue weighted by molar-refractivity contribution is 0.0523. The van der Waals surface area contributed by atoms with E-state index in [1.54, 1.807) is 0 Å². The van der Waals surface area contributed by atoms with Crippen molar-refractivity contribution in [1.82, 2.24) is 10.1 Å². The van der Waals surface area contributed by atoms with Gasteiger partial charge in [0, 0.05) is 18.8 Å². The summed E-state index contributed by atoms with van der Waals surface area (Å²) in [6.45, 7) is 1.41. The highest BCUT2D eigenvalue weighted by Gasteiger charge is 2.41. The van der Waals surface area contributed by atoms with Crippen LogP contribution in [0.5, 0.6) is 0 Å². The molecule has 2 aromatic carbocycles. The Morgan fingerprint density at radius 2 is 1.48 bits per heavy atom. The van der Waals surface area contributed by atoms with Gasteiger partial charge in [-0.1, -0.05) is 65.8 Å². The van der Waals surface area contributed by atoms with Gasteiger partial charge in [0.15, 0.2) is 0 Å². The Hall–Kier alpha value is -2.46. The molecule has 1 aromatic heterocycles. The quantitative estimate of drug-likeness (QED) is 0.738. The average molecular weight is 306 g/mol. The van der Waals surface area contributed by atoms with E-state index in [1.165, 1.54) is 5.56 Å². The van der Waals surface area contributed by atoms with Crippen molar-refractivity contribution in [3.63, 3.8) is 0 Å². The maximum atomic E-state index is 5.70. The van der Waals surface area contributed by atoms with E-state index in [0.717, 1.165) is 18.4 Å². The smallest absolute Gasteiger partial charge is 0.237 e. The van der Waals surface area contributed by atoms with E-state index in [1.807, 2.05) is 36.4 Å². The second-order valence-corrected chi connectivity index (χ2v) is 5.85. The summed E-state index contributed by atoms with van der Waals surface area (Å²) in [4.78, 5) is 4.72. The van der Waals surface area contributed by atoms with E-state index in [-0.39, 0.29) is 5.41 Å². The van der Waals surface area contributed by atoms with Crippen molar-refractivity contribution in [2.75, 3.05) is 13.2 Å². The molecule has 2 heterocycles. The lowest BCUT2D eigenvalue weighted by Gasteiger charge is -2.34. The van der Waals surface area contributed by atoms with E-state index in [0.29, 0.717) is 24.9 Å². The first-order valence-electron chi connectivity index (χ1n) is 7.91. The summed E-state index contributed by atoms with van der Waals surface area (Å²) in [5.74, 6) is 1.33. The lowest BCUT2D eigenvalue weighted by Crippen LogP contribution is -2.35. The summed E-state index contributed by atoms with van der Waals surface area (Å²) in [5.41, 5.74) is 1.93. The second-order valence-electron chi connectivity index (χ2n) is 5.85. The van der Waals surface area contributed by atoms with Gasteiger partial charge < -0.3 is 9.26 Å². The maximum absolute atomic E-state index is 5.70. The number of benzene rings is 2. The fourth-order valence-corrected chi connectivity index (χ4v) is 3.23. The third kappa shape index (κ3) is 2.55. The van der Waals surface area contributed by atoms with Crippen LogP contribution in [0.1, 0.15) is 24.3 Å². The van der Waals surface area contributed by atoms with E-state index < -0.39 is 0 Å². The summed E-state index contributed by atoms with van der Waals surface area (Å²) in [6.07, 6.45) is 1.71. The van der Waals surface area contributed by atoms with Crippen LogP contribution in [0, 0.1) is 0 Å². The summed E-state index contributed by atoms with van der Waals surface area (Å²) in [7, 11) is 0. The highest BCUT2D eigenvalue weighted by atomic mass is 16.5. The Morgan fingerprint density at radius 3 is 2.17 bits per heavy atom. The van der Waals surface area contributed by atoms with Gasteiger partial charge in [-0.15, -0.1) is 0 Å². The Balaban J connectivity index is 1.78. The zero-order chi connectivity index (χ0) is 15.5. The largest absolute Gasteiger partial charge is 0.381 e. The molecule has 1 aliphatic rings. The molecule has 0 amide bonds. The molecular weight excluding hydrogens is 288 g/mol. The van der Waals surface area contributed by atoms with E-state index in [2.05, 4.69) is 29.4 Å². The van der Waals surface area contributed by atoms with Gasteiger partial charge in [-0.25, -0.2) is 0 Å². The molecule has 116 valence electrons. The van der Waals surface area contributed by atoms with Crippen molar-refractivity contribution in [3.8, 4) is 11.4 Å². The molecule has 23 heavy (non-hydrogen) atoms. The van der Waals surface area contributed by atoms with Crippen LogP contribution in [0.3, 0.4) is 0 Å². The molecule has 0 radical (unpaired) electrons. The Morgan fingerprint density at radius 1 is 0.826 bits per heavy atom. The van der Waals surface area contributed by atoms with E-state index in [9.17, 15) is 0 Å². The predicted molar refractivity (Wildman–Crippen MR) is 87.0 cm³/mol. The minimum absolute atomic E-state index is 0.250. The fourth-order valence-electron chi connectivity index (χ4n) is 3.23. The monoisotopic (exact) mass is 306 g/mol. The van der Waals surface area contributed by atoms with Crippen molar-refractivity contribution in [1.29, 1.82) is 0 Å². The molecule has 0 bridgehead atoms. The molecule has 1 saturated heterocycles. The first kappa shape index (κ1) is 14.2. The van der Waals surface area contributed by atoms with Crippen molar-refractivity contribution in [2.45, 2.75) is 18.3 Å². The number of aromatic nitrogens is 2. The minimum Gasteiger partial charge on any atom is -0.381 e. The maximum Gasteiger partial charge on any atom is 0.237 e. The van der Waals surface area contributed by atoms with Crippen molar-refractivity contribution >= 4 is 0 Å². The summed E-state index contributed by atoms with van der Waals surface area (Å²) >= 11 is 0. The van der Waals surface area contributed by atoms with Crippen LogP contribution in [0.4, 0.5) is 0 Å². The number of ether oxygens (including phenoxy) is 1. The summed E-state index contributed by atoms with van der Waals surface area (Å²) in [6, 6.07) is 20.3. The third-order valence-electron chi connectivity index (χ3n) is 4.54. The molecule has 4 nitrogen and oxygen atoms in total. The van der Waals surface area contributed by atoms with Gasteiger partial charge in [-0.2, -0.15) is 4.98 Å². The van der Waals surface area contributed by atoms with Crippen LogP contribution in [-0.4, -0.2) is 23.4 Å². The van der Waals surface area contributed by atoms with Gasteiger partial charge in [0.1, 0.15) is 0 Å². The normalized spacial score (nSPS) is 17.0. The van der Waals surface area contributed by atoms with E-state index >= 15 is 0 Å². The van der Waals surface area contributed by atoms with Crippen LogP contribution in [0.15, 0.2) is 65.2 Å². The van der Waals surface area contributed by atoms with Crippen molar-refractivity contribution in [2.24, 2.45) is 0 Å². The molecule has 0 saturated carbocycles. The predicted octanol–water partition coefficient (Wildman–Crippen LogP) is 3.83. The Kier molecular flexibility index (Phi) is 3.67. The van der Waals surface area contributed by atoms with Gasteiger partial charge in [0.25, 0.3) is 0 Å². The van der Waals surface area contributed by atoms with Gasteiger partial charge in [-0.3, -0.25) is 0 Å². The molecule has 0 atom stereocenters.